The molecule has 0 saturated carbocycles. The van der Waals surface area contributed by atoms with Gasteiger partial charge in [-0.15, -0.1) is 0 Å². The number of fused-ring (bicyclic) bond motifs is 1. The van der Waals surface area contributed by atoms with E-state index in [-0.39, 0.29) is 18.7 Å². The molecule has 0 spiro atoms. The molecule has 0 atom stereocenters. The van der Waals surface area contributed by atoms with Crippen molar-refractivity contribution in [3.8, 4) is 11.1 Å². The van der Waals surface area contributed by atoms with Crippen molar-refractivity contribution >= 4 is 22.8 Å². The van der Waals surface area contributed by atoms with Crippen molar-refractivity contribution in [3.05, 3.63) is 47.3 Å². The van der Waals surface area contributed by atoms with Crippen LogP contribution in [0.3, 0.4) is 0 Å². The molecule has 0 aliphatic rings. The second-order valence-electron chi connectivity index (χ2n) is 7.95. The van der Waals surface area contributed by atoms with Crippen molar-refractivity contribution in [1.82, 2.24) is 20.3 Å². The Kier molecular flexibility index (Phi) is 5.96. The van der Waals surface area contributed by atoms with E-state index >= 15 is 0 Å². The standard InChI is InChI=1S/C22H25F2N5O/c1-12-8-18(23)19(29-21(30)25-7-6-22(4,5)24)10-16(12)17-9-15-11-26-14(3)28-20(15)27-13(17)2/h8-11H,6-7H2,1-5H3,(H2,25,29,30). The Balaban J connectivity index is 1.90. The van der Waals surface area contributed by atoms with E-state index in [1.54, 1.807) is 26.1 Å². The van der Waals surface area contributed by atoms with Crippen LogP contribution in [0.2, 0.25) is 0 Å². The predicted octanol–water partition coefficient (Wildman–Crippen LogP) is 5.02. The number of alkyl halides is 1. The number of halogens is 2. The molecule has 3 rings (SSSR count). The second kappa shape index (κ2) is 8.30. The van der Waals surface area contributed by atoms with Gasteiger partial charge in [-0.3, -0.25) is 0 Å². The molecule has 0 radical (unpaired) electrons. The number of aromatic nitrogens is 3. The van der Waals surface area contributed by atoms with E-state index in [1.165, 1.54) is 19.9 Å². The molecule has 0 aliphatic heterocycles. The minimum atomic E-state index is -1.39. The number of aryl methyl sites for hydroxylation is 3. The molecule has 2 heterocycles. The molecular weight excluding hydrogens is 388 g/mol. The van der Waals surface area contributed by atoms with Gasteiger partial charge in [0.25, 0.3) is 0 Å². The summed E-state index contributed by atoms with van der Waals surface area (Å²) < 4.78 is 28.0. The van der Waals surface area contributed by atoms with Crippen LogP contribution in [0.1, 0.15) is 37.4 Å². The maximum Gasteiger partial charge on any atom is 0.319 e. The van der Waals surface area contributed by atoms with Gasteiger partial charge < -0.3 is 10.6 Å². The van der Waals surface area contributed by atoms with E-state index in [9.17, 15) is 13.6 Å². The van der Waals surface area contributed by atoms with E-state index in [0.29, 0.717) is 17.0 Å². The summed E-state index contributed by atoms with van der Waals surface area (Å²) in [5.41, 5.74) is 2.22. The Hall–Kier alpha value is -3.16. The van der Waals surface area contributed by atoms with Crippen LogP contribution in [-0.4, -0.2) is 33.2 Å². The van der Waals surface area contributed by atoms with Crippen LogP contribution >= 0.6 is 0 Å². The smallest absolute Gasteiger partial charge is 0.319 e. The molecule has 0 fully saturated rings. The lowest BCUT2D eigenvalue weighted by Crippen LogP contribution is -2.32. The zero-order valence-corrected chi connectivity index (χ0v) is 17.7. The average molecular weight is 413 g/mol. The van der Waals surface area contributed by atoms with Gasteiger partial charge in [-0.25, -0.2) is 28.5 Å². The highest BCUT2D eigenvalue weighted by Gasteiger charge is 2.17. The highest BCUT2D eigenvalue weighted by Crippen LogP contribution is 2.32. The van der Waals surface area contributed by atoms with Crippen molar-refractivity contribution in [2.75, 3.05) is 11.9 Å². The summed E-state index contributed by atoms with van der Waals surface area (Å²) in [5, 5.41) is 5.82. The summed E-state index contributed by atoms with van der Waals surface area (Å²) in [5.74, 6) is 0.0799. The number of pyridine rings is 1. The Bertz CT molecular complexity index is 1110. The molecule has 0 unspecified atom stereocenters. The van der Waals surface area contributed by atoms with Crippen molar-refractivity contribution in [2.45, 2.75) is 46.7 Å². The van der Waals surface area contributed by atoms with Crippen LogP contribution in [0.15, 0.2) is 24.4 Å². The first-order valence-corrected chi connectivity index (χ1v) is 9.69. The first-order chi connectivity index (χ1) is 14.0. The Morgan fingerprint density at radius 3 is 2.53 bits per heavy atom. The number of carbonyl (C=O) groups excluding carboxylic acids is 1. The molecule has 158 valence electrons. The van der Waals surface area contributed by atoms with Crippen molar-refractivity contribution in [3.63, 3.8) is 0 Å². The minimum absolute atomic E-state index is 0.0345. The number of hydrogen-bond acceptors (Lipinski definition) is 4. The molecule has 2 N–H and O–H groups in total. The zero-order valence-electron chi connectivity index (χ0n) is 17.7. The molecule has 30 heavy (non-hydrogen) atoms. The fraction of sp³-hybridized carbons (Fsp3) is 0.364. The van der Waals surface area contributed by atoms with E-state index in [0.717, 1.165) is 22.2 Å². The molecule has 0 aliphatic carbocycles. The summed E-state index contributed by atoms with van der Waals surface area (Å²) in [6.45, 7) is 8.46. The van der Waals surface area contributed by atoms with Crippen LogP contribution in [0.5, 0.6) is 0 Å². The molecule has 1 aromatic carbocycles. The highest BCUT2D eigenvalue weighted by atomic mass is 19.1. The van der Waals surface area contributed by atoms with Crippen LogP contribution in [0.4, 0.5) is 19.3 Å². The van der Waals surface area contributed by atoms with E-state index in [1.807, 2.05) is 13.0 Å². The van der Waals surface area contributed by atoms with Gasteiger partial charge in [0.15, 0.2) is 5.65 Å². The summed E-state index contributed by atoms with van der Waals surface area (Å²) in [6.07, 6.45) is 1.86. The third-order valence-electron chi connectivity index (χ3n) is 4.74. The maximum atomic E-state index is 14.5. The minimum Gasteiger partial charge on any atom is -0.338 e. The first kappa shape index (κ1) is 21.5. The van der Waals surface area contributed by atoms with Gasteiger partial charge in [0.1, 0.15) is 17.3 Å². The normalized spacial score (nSPS) is 11.6. The van der Waals surface area contributed by atoms with E-state index in [4.69, 9.17) is 0 Å². The summed E-state index contributed by atoms with van der Waals surface area (Å²) >= 11 is 0. The fourth-order valence-corrected chi connectivity index (χ4v) is 3.11. The van der Waals surface area contributed by atoms with Crippen LogP contribution in [0.25, 0.3) is 22.2 Å². The largest absolute Gasteiger partial charge is 0.338 e. The Morgan fingerprint density at radius 2 is 1.83 bits per heavy atom. The fourth-order valence-electron chi connectivity index (χ4n) is 3.11. The van der Waals surface area contributed by atoms with Gasteiger partial charge in [0.2, 0.25) is 0 Å². The number of urea groups is 1. The molecule has 0 saturated heterocycles. The lowest BCUT2D eigenvalue weighted by molar-refractivity contribution is 0.200. The van der Waals surface area contributed by atoms with Crippen molar-refractivity contribution in [1.29, 1.82) is 0 Å². The number of anilines is 1. The number of benzene rings is 1. The van der Waals surface area contributed by atoms with Gasteiger partial charge >= 0.3 is 6.03 Å². The molecule has 2 aromatic heterocycles. The van der Waals surface area contributed by atoms with Gasteiger partial charge in [0.05, 0.1) is 5.69 Å². The van der Waals surface area contributed by atoms with Crippen molar-refractivity contribution < 1.29 is 13.6 Å². The zero-order chi connectivity index (χ0) is 22.1. The summed E-state index contributed by atoms with van der Waals surface area (Å²) in [6, 6.07) is 4.26. The second-order valence-corrected chi connectivity index (χ2v) is 7.95. The molecule has 2 amide bonds. The molecule has 6 nitrogen and oxygen atoms in total. The average Bonchev–Trinajstić information content (AvgIpc) is 2.62. The number of rotatable bonds is 5. The number of nitrogens with zero attached hydrogens (tertiary/aromatic N) is 3. The molecule has 3 aromatic rings. The van der Waals surface area contributed by atoms with Gasteiger partial charge in [0, 0.05) is 29.4 Å². The van der Waals surface area contributed by atoms with Gasteiger partial charge in [-0.05, 0) is 70.4 Å². The van der Waals surface area contributed by atoms with Crippen LogP contribution in [0, 0.1) is 26.6 Å². The van der Waals surface area contributed by atoms with Crippen LogP contribution < -0.4 is 10.6 Å². The predicted molar refractivity (Wildman–Crippen MR) is 114 cm³/mol. The van der Waals surface area contributed by atoms with Crippen molar-refractivity contribution in [2.24, 2.45) is 0 Å². The maximum absolute atomic E-state index is 14.5. The van der Waals surface area contributed by atoms with Crippen LogP contribution in [-0.2, 0) is 0 Å². The van der Waals surface area contributed by atoms with Gasteiger partial charge in [-0.2, -0.15) is 0 Å². The monoisotopic (exact) mass is 413 g/mol. The number of nitrogens with one attached hydrogen (secondary N) is 2. The highest BCUT2D eigenvalue weighted by molar-refractivity contribution is 5.91. The lowest BCUT2D eigenvalue weighted by Gasteiger charge is -2.16. The topological polar surface area (TPSA) is 79.8 Å². The van der Waals surface area contributed by atoms with E-state index in [2.05, 4.69) is 25.6 Å². The number of amides is 2. The molecule has 0 bridgehead atoms. The summed E-state index contributed by atoms with van der Waals surface area (Å²) in [7, 11) is 0. The lowest BCUT2D eigenvalue weighted by atomic mass is 9.97. The SMILES string of the molecule is Cc1ncc2cc(-c3cc(NC(=O)NCCC(C)(C)F)c(F)cc3C)c(C)nc2n1. The quantitative estimate of drug-likeness (QED) is 0.616. The molecule has 8 heteroatoms. The van der Waals surface area contributed by atoms with E-state index < -0.39 is 17.5 Å². The third-order valence-corrected chi connectivity index (χ3v) is 4.74. The first-order valence-electron chi connectivity index (χ1n) is 9.69. The third kappa shape index (κ3) is 5.06. The Morgan fingerprint density at radius 1 is 1.10 bits per heavy atom. The number of hydrogen-bond donors (Lipinski definition) is 2. The summed E-state index contributed by atoms with van der Waals surface area (Å²) in [4.78, 5) is 25.2. The molecular formula is C22H25F2N5O. The van der Waals surface area contributed by atoms with Gasteiger partial charge in [-0.1, -0.05) is 0 Å². The number of carbonyl (C=O) groups is 1. The Labute approximate surface area is 174 Å².